The fraction of sp³-hybridized carbons (Fsp3) is 0.550. The summed E-state index contributed by atoms with van der Waals surface area (Å²) in [5, 5.41) is 7.68. The Morgan fingerprint density at radius 2 is 1.96 bits per heavy atom. The van der Waals surface area contributed by atoms with E-state index < -0.39 is 0 Å². The largest absolute Gasteiger partial charge is 0.352 e. The van der Waals surface area contributed by atoms with Gasteiger partial charge < -0.3 is 11.1 Å². The van der Waals surface area contributed by atoms with Gasteiger partial charge in [-0.25, -0.2) is 9.67 Å². The van der Waals surface area contributed by atoms with Crippen molar-refractivity contribution < 1.29 is 4.79 Å². The van der Waals surface area contributed by atoms with Crippen molar-refractivity contribution in [3.8, 4) is 0 Å². The Hall–Kier alpha value is -1.92. The van der Waals surface area contributed by atoms with Crippen LogP contribution in [0.3, 0.4) is 0 Å². The fourth-order valence-corrected chi connectivity index (χ4v) is 3.38. The van der Waals surface area contributed by atoms with Gasteiger partial charge in [-0.15, -0.1) is 12.4 Å². The van der Waals surface area contributed by atoms with E-state index in [1.54, 1.807) is 4.68 Å². The predicted molar refractivity (Wildman–Crippen MR) is 107 cm³/mol. The summed E-state index contributed by atoms with van der Waals surface area (Å²) in [6.45, 7) is 0.200. The first-order chi connectivity index (χ1) is 12.7. The standard InChI is InChI=1S/C20H27N5O.ClH/c21-17(11-14-5-2-1-3-6-14)20-23-18(12-15-9-10-15)24-25(20)13-19(26)22-16-7-4-8-16;/h1-3,5-6,15-17H,4,7-13,21H2,(H,22,26);1H/t17-;/m1./s1. The van der Waals surface area contributed by atoms with Crippen LogP contribution in [-0.2, 0) is 24.2 Å². The molecule has 6 nitrogen and oxygen atoms in total. The number of nitrogens with one attached hydrogen (secondary N) is 1. The van der Waals surface area contributed by atoms with Crippen molar-refractivity contribution in [1.29, 1.82) is 0 Å². The van der Waals surface area contributed by atoms with Crippen LogP contribution >= 0.6 is 12.4 Å². The third-order valence-corrected chi connectivity index (χ3v) is 5.31. The van der Waals surface area contributed by atoms with Crippen molar-refractivity contribution in [3.05, 3.63) is 47.5 Å². The number of nitrogens with zero attached hydrogens (tertiary/aromatic N) is 3. The third-order valence-electron chi connectivity index (χ3n) is 5.31. The topological polar surface area (TPSA) is 85.8 Å². The molecule has 4 rings (SSSR count). The minimum atomic E-state index is -0.269. The van der Waals surface area contributed by atoms with E-state index >= 15 is 0 Å². The van der Waals surface area contributed by atoms with Crippen molar-refractivity contribution in [2.24, 2.45) is 11.7 Å². The van der Waals surface area contributed by atoms with Gasteiger partial charge in [0, 0.05) is 12.5 Å². The first-order valence-electron chi connectivity index (χ1n) is 9.70. The number of benzene rings is 1. The summed E-state index contributed by atoms with van der Waals surface area (Å²) in [5.74, 6) is 2.24. The van der Waals surface area contributed by atoms with Gasteiger partial charge in [0.25, 0.3) is 0 Å². The van der Waals surface area contributed by atoms with Crippen LogP contribution in [0.5, 0.6) is 0 Å². The van der Waals surface area contributed by atoms with Crippen LogP contribution in [0, 0.1) is 5.92 Å². The van der Waals surface area contributed by atoms with Crippen LogP contribution in [0.2, 0.25) is 0 Å². The van der Waals surface area contributed by atoms with Crippen LogP contribution in [0.25, 0.3) is 0 Å². The Morgan fingerprint density at radius 1 is 1.22 bits per heavy atom. The third kappa shape index (κ3) is 5.30. The summed E-state index contributed by atoms with van der Waals surface area (Å²) in [7, 11) is 0. The number of hydrogen-bond acceptors (Lipinski definition) is 4. The SMILES string of the molecule is Cl.N[C@H](Cc1ccccc1)c1nc(CC2CC2)nn1CC(=O)NC1CCC1. The summed E-state index contributed by atoms with van der Waals surface area (Å²) >= 11 is 0. The molecule has 1 aromatic carbocycles. The van der Waals surface area contributed by atoms with Gasteiger partial charge in [0.05, 0.1) is 6.04 Å². The summed E-state index contributed by atoms with van der Waals surface area (Å²) in [5.41, 5.74) is 7.61. The van der Waals surface area contributed by atoms with Crippen molar-refractivity contribution in [2.75, 3.05) is 0 Å². The quantitative estimate of drug-likeness (QED) is 0.726. The molecule has 2 aliphatic carbocycles. The lowest BCUT2D eigenvalue weighted by Crippen LogP contribution is -2.41. The van der Waals surface area contributed by atoms with Crippen LogP contribution in [0.15, 0.2) is 30.3 Å². The Morgan fingerprint density at radius 3 is 2.59 bits per heavy atom. The molecule has 146 valence electrons. The number of hydrogen-bond donors (Lipinski definition) is 2. The van der Waals surface area contributed by atoms with Gasteiger partial charge >= 0.3 is 0 Å². The molecule has 0 radical (unpaired) electrons. The van der Waals surface area contributed by atoms with Gasteiger partial charge in [0.2, 0.25) is 5.91 Å². The lowest BCUT2D eigenvalue weighted by atomic mass is 9.93. The van der Waals surface area contributed by atoms with Crippen LogP contribution in [0.4, 0.5) is 0 Å². The van der Waals surface area contributed by atoms with E-state index in [1.807, 2.05) is 18.2 Å². The van der Waals surface area contributed by atoms with E-state index in [-0.39, 0.29) is 30.9 Å². The number of carbonyl (C=O) groups excluding carboxylic acids is 1. The average Bonchev–Trinajstić information content (AvgIpc) is 3.31. The van der Waals surface area contributed by atoms with Gasteiger partial charge in [-0.1, -0.05) is 30.3 Å². The number of rotatable bonds is 8. The molecule has 7 heteroatoms. The molecule has 2 fully saturated rings. The zero-order chi connectivity index (χ0) is 17.9. The van der Waals surface area contributed by atoms with E-state index in [0.29, 0.717) is 24.2 Å². The van der Waals surface area contributed by atoms with Crippen molar-refractivity contribution >= 4 is 18.3 Å². The molecule has 2 saturated carbocycles. The highest BCUT2D eigenvalue weighted by molar-refractivity contribution is 5.85. The molecule has 1 amide bonds. The van der Waals surface area contributed by atoms with Crippen molar-refractivity contribution in [3.63, 3.8) is 0 Å². The highest BCUT2D eigenvalue weighted by Crippen LogP contribution is 2.32. The molecule has 2 aromatic rings. The van der Waals surface area contributed by atoms with E-state index in [9.17, 15) is 4.79 Å². The van der Waals surface area contributed by atoms with Gasteiger partial charge in [0.15, 0.2) is 5.82 Å². The normalized spacial score (nSPS) is 17.7. The van der Waals surface area contributed by atoms with Crippen molar-refractivity contribution in [1.82, 2.24) is 20.1 Å². The molecule has 0 saturated heterocycles. The fourth-order valence-electron chi connectivity index (χ4n) is 3.38. The first-order valence-corrected chi connectivity index (χ1v) is 9.70. The van der Waals surface area contributed by atoms with Gasteiger partial charge in [0.1, 0.15) is 12.4 Å². The Bertz CT molecular complexity index is 755. The minimum absolute atomic E-state index is 0. The molecule has 2 aliphatic rings. The lowest BCUT2D eigenvalue weighted by Gasteiger charge is -2.26. The van der Waals surface area contributed by atoms with Crippen LogP contribution < -0.4 is 11.1 Å². The highest BCUT2D eigenvalue weighted by Gasteiger charge is 2.26. The Labute approximate surface area is 166 Å². The first kappa shape index (κ1) is 19.8. The van der Waals surface area contributed by atoms with E-state index in [4.69, 9.17) is 10.7 Å². The molecular weight excluding hydrogens is 362 g/mol. The maximum absolute atomic E-state index is 12.4. The van der Waals surface area contributed by atoms with Gasteiger partial charge in [-0.3, -0.25) is 4.79 Å². The Kier molecular flexibility index (Phi) is 6.50. The van der Waals surface area contributed by atoms with Crippen LogP contribution in [0.1, 0.15) is 55.4 Å². The zero-order valence-electron chi connectivity index (χ0n) is 15.5. The second-order valence-electron chi connectivity index (χ2n) is 7.68. The zero-order valence-corrected chi connectivity index (χ0v) is 16.3. The monoisotopic (exact) mass is 389 g/mol. The number of aromatic nitrogens is 3. The molecule has 27 heavy (non-hydrogen) atoms. The number of halogens is 1. The molecular formula is C20H28ClN5O. The van der Waals surface area contributed by atoms with Crippen LogP contribution in [-0.4, -0.2) is 26.7 Å². The molecule has 0 unspecified atom stereocenters. The summed E-state index contributed by atoms with van der Waals surface area (Å²) < 4.78 is 1.72. The van der Waals surface area contributed by atoms with E-state index in [2.05, 4.69) is 22.5 Å². The highest BCUT2D eigenvalue weighted by atomic mass is 35.5. The molecule has 0 spiro atoms. The summed E-state index contributed by atoms with van der Waals surface area (Å²) in [6.07, 6.45) is 7.44. The van der Waals surface area contributed by atoms with Gasteiger partial charge in [-0.05, 0) is 50.0 Å². The molecule has 3 N–H and O–H groups in total. The summed E-state index contributed by atoms with van der Waals surface area (Å²) in [6, 6.07) is 10.2. The second-order valence-corrected chi connectivity index (χ2v) is 7.68. The number of carbonyl (C=O) groups is 1. The number of nitrogens with two attached hydrogens (primary N) is 1. The lowest BCUT2D eigenvalue weighted by molar-refractivity contribution is -0.123. The van der Waals surface area contributed by atoms with E-state index in [0.717, 1.165) is 30.7 Å². The molecule has 0 aliphatic heterocycles. The summed E-state index contributed by atoms with van der Waals surface area (Å²) in [4.78, 5) is 17.1. The average molecular weight is 390 g/mol. The van der Waals surface area contributed by atoms with Gasteiger partial charge in [-0.2, -0.15) is 5.10 Å². The smallest absolute Gasteiger partial charge is 0.242 e. The minimum Gasteiger partial charge on any atom is -0.352 e. The maximum Gasteiger partial charge on any atom is 0.242 e. The Balaban J connectivity index is 0.00000210. The molecule has 1 atom stereocenters. The second kappa shape index (κ2) is 8.85. The maximum atomic E-state index is 12.4. The number of amides is 1. The van der Waals surface area contributed by atoms with E-state index in [1.165, 1.54) is 19.3 Å². The molecule has 1 aromatic heterocycles. The molecule has 1 heterocycles. The molecule has 0 bridgehead atoms. The van der Waals surface area contributed by atoms with Crippen molar-refractivity contribution in [2.45, 2.75) is 63.6 Å². The predicted octanol–water partition coefficient (Wildman–Crippen LogP) is 2.56.